The van der Waals surface area contributed by atoms with Gasteiger partial charge < -0.3 is 32.0 Å². The van der Waals surface area contributed by atoms with Gasteiger partial charge in [-0.25, -0.2) is 9.78 Å². The number of carboxylic acid groups (broad SMARTS) is 1. The van der Waals surface area contributed by atoms with Crippen LogP contribution in [0.25, 0.3) is 0 Å². The van der Waals surface area contributed by atoms with E-state index in [2.05, 4.69) is 15.8 Å². The molecule has 0 spiro atoms. The molecule has 1 aliphatic rings. The fourth-order valence-corrected chi connectivity index (χ4v) is 3.89. The van der Waals surface area contributed by atoms with Gasteiger partial charge in [0.2, 0.25) is 11.9 Å². The molecule has 208 valence electrons. The number of carbonyl (C=O) groups excluding carboxylic acids is 1. The second-order valence-electron chi connectivity index (χ2n) is 8.34. The van der Waals surface area contributed by atoms with Crippen LogP contribution in [0.3, 0.4) is 0 Å². The number of aromatic nitrogens is 2. The van der Waals surface area contributed by atoms with Crippen molar-refractivity contribution in [3.8, 4) is 0 Å². The standard InChI is InChI=1S/C21H29N7O3.C2HF3O2/c1-14-18(24-2)26-17(21(9-6-10-21)15-7-4-3-5-8-15)19(30)28(14)13-16(29)25-11-12-31-27-20(22)23;3-2(4,5)1(6)7/h3-5,7-8,24H,6,9-13H2,1-2H3,(H,25,29)(H4,22,23,27);(H,6,7). The highest BCUT2D eigenvalue weighted by Crippen LogP contribution is 2.47. The van der Waals surface area contributed by atoms with E-state index in [-0.39, 0.29) is 37.1 Å². The Bertz CT molecular complexity index is 1210. The average Bonchev–Trinajstić information content (AvgIpc) is 2.82. The molecule has 1 aromatic heterocycles. The number of alkyl halides is 3. The average molecular weight is 542 g/mol. The summed E-state index contributed by atoms with van der Waals surface area (Å²) in [6, 6.07) is 9.97. The molecule has 0 saturated heterocycles. The molecule has 1 aliphatic carbocycles. The van der Waals surface area contributed by atoms with Gasteiger partial charge in [0.15, 0.2) is 0 Å². The molecule has 2 aromatic rings. The minimum atomic E-state index is -5.08. The van der Waals surface area contributed by atoms with E-state index < -0.39 is 17.6 Å². The van der Waals surface area contributed by atoms with E-state index >= 15 is 0 Å². The van der Waals surface area contributed by atoms with Crippen molar-refractivity contribution < 1.29 is 32.7 Å². The van der Waals surface area contributed by atoms with Gasteiger partial charge in [-0.05, 0) is 30.5 Å². The number of benzene rings is 1. The number of amides is 1. The second-order valence-corrected chi connectivity index (χ2v) is 8.34. The van der Waals surface area contributed by atoms with Crippen LogP contribution in [0.4, 0.5) is 19.0 Å². The number of carbonyl (C=O) groups is 2. The minimum absolute atomic E-state index is 0.109. The van der Waals surface area contributed by atoms with Crippen LogP contribution in [-0.4, -0.2) is 58.9 Å². The summed E-state index contributed by atoms with van der Waals surface area (Å²) in [5, 5.41) is 16.3. The Kier molecular flexibility index (Phi) is 10.1. The van der Waals surface area contributed by atoms with Crippen LogP contribution in [-0.2, 0) is 26.4 Å². The minimum Gasteiger partial charge on any atom is -0.475 e. The molecule has 1 fully saturated rings. The van der Waals surface area contributed by atoms with Crippen LogP contribution >= 0.6 is 0 Å². The lowest BCUT2D eigenvalue weighted by Crippen LogP contribution is -2.45. The Morgan fingerprint density at radius 3 is 2.32 bits per heavy atom. The Labute approximate surface area is 215 Å². The summed E-state index contributed by atoms with van der Waals surface area (Å²) in [5.41, 5.74) is 11.8. The lowest BCUT2D eigenvalue weighted by atomic mass is 9.62. The van der Waals surface area contributed by atoms with Crippen molar-refractivity contribution in [3.05, 3.63) is 57.6 Å². The first-order valence-corrected chi connectivity index (χ1v) is 11.5. The molecule has 12 nitrogen and oxygen atoms in total. The van der Waals surface area contributed by atoms with Crippen molar-refractivity contribution in [1.82, 2.24) is 14.9 Å². The largest absolute Gasteiger partial charge is 0.490 e. The Morgan fingerprint density at radius 2 is 1.84 bits per heavy atom. The fourth-order valence-electron chi connectivity index (χ4n) is 3.89. The van der Waals surface area contributed by atoms with Crippen LogP contribution in [0.2, 0.25) is 0 Å². The van der Waals surface area contributed by atoms with E-state index in [0.29, 0.717) is 17.2 Å². The van der Waals surface area contributed by atoms with E-state index in [9.17, 15) is 22.8 Å². The highest BCUT2D eigenvalue weighted by atomic mass is 19.4. The van der Waals surface area contributed by atoms with Gasteiger partial charge in [-0.15, -0.1) is 0 Å². The molecule has 7 N–H and O–H groups in total. The van der Waals surface area contributed by atoms with Gasteiger partial charge in [0, 0.05) is 12.5 Å². The molecular formula is C23H30F3N7O5. The molecule has 1 amide bonds. The first-order valence-electron chi connectivity index (χ1n) is 11.5. The lowest BCUT2D eigenvalue weighted by molar-refractivity contribution is -0.192. The van der Waals surface area contributed by atoms with E-state index in [4.69, 9.17) is 31.2 Å². The van der Waals surface area contributed by atoms with Gasteiger partial charge >= 0.3 is 12.1 Å². The van der Waals surface area contributed by atoms with Crippen molar-refractivity contribution in [1.29, 1.82) is 0 Å². The third-order valence-electron chi connectivity index (χ3n) is 5.87. The molecule has 38 heavy (non-hydrogen) atoms. The zero-order valence-corrected chi connectivity index (χ0v) is 20.8. The van der Waals surface area contributed by atoms with Crippen molar-refractivity contribution >= 4 is 23.7 Å². The number of rotatable bonds is 9. The Morgan fingerprint density at radius 1 is 1.24 bits per heavy atom. The number of carboxylic acids is 1. The number of nitrogens with two attached hydrogens (primary N) is 2. The fraction of sp³-hybridized carbons (Fsp3) is 0.435. The normalized spacial score (nSPS) is 13.7. The molecule has 0 radical (unpaired) electrons. The van der Waals surface area contributed by atoms with Crippen LogP contribution in [0.1, 0.15) is 36.2 Å². The first kappa shape index (κ1) is 29.9. The number of hydrogen-bond donors (Lipinski definition) is 5. The van der Waals surface area contributed by atoms with E-state index in [1.165, 1.54) is 4.57 Å². The zero-order chi connectivity index (χ0) is 28.5. The molecule has 1 aromatic carbocycles. The predicted molar refractivity (Wildman–Crippen MR) is 132 cm³/mol. The quantitative estimate of drug-likeness (QED) is 0.134. The van der Waals surface area contributed by atoms with E-state index in [0.717, 1.165) is 24.8 Å². The van der Waals surface area contributed by atoms with Crippen molar-refractivity contribution in [2.24, 2.45) is 16.6 Å². The molecule has 0 atom stereocenters. The Balaban J connectivity index is 0.000000638. The number of oxime groups is 1. The first-order chi connectivity index (χ1) is 17.8. The predicted octanol–water partition coefficient (Wildman–Crippen LogP) is 1.02. The number of nitrogens with zero attached hydrogens (tertiary/aromatic N) is 3. The maximum absolute atomic E-state index is 13.5. The number of nitrogens with one attached hydrogen (secondary N) is 2. The lowest BCUT2D eigenvalue weighted by Gasteiger charge is -2.41. The van der Waals surface area contributed by atoms with Gasteiger partial charge in [0.05, 0.1) is 12.2 Å². The van der Waals surface area contributed by atoms with Gasteiger partial charge in [0.25, 0.3) is 5.56 Å². The summed E-state index contributed by atoms with van der Waals surface area (Å²) in [5.74, 6) is -2.69. The third-order valence-corrected chi connectivity index (χ3v) is 5.87. The van der Waals surface area contributed by atoms with E-state index in [1.54, 1.807) is 14.0 Å². The Hall–Kier alpha value is -4.30. The summed E-state index contributed by atoms with van der Waals surface area (Å²) in [4.78, 5) is 44.4. The number of aliphatic carboxylic acids is 1. The van der Waals surface area contributed by atoms with Gasteiger partial charge in [-0.3, -0.25) is 14.2 Å². The highest BCUT2D eigenvalue weighted by molar-refractivity contribution is 5.76. The molecular weight excluding hydrogens is 511 g/mol. The summed E-state index contributed by atoms with van der Waals surface area (Å²) in [6.07, 6.45) is -2.37. The summed E-state index contributed by atoms with van der Waals surface area (Å²) < 4.78 is 33.2. The summed E-state index contributed by atoms with van der Waals surface area (Å²) in [7, 11) is 1.75. The van der Waals surface area contributed by atoms with Gasteiger partial charge in [-0.1, -0.05) is 36.8 Å². The number of guanidine groups is 1. The summed E-state index contributed by atoms with van der Waals surface area (Å²) in [6.45, 7) is 1.96. The van der Waals surface area contributed by atoms with Crippen LogP contribution < -0.4 is 27.7 Å². The number of anilines is 1. The van der Waals surface area contributed by atoms with Crippen molar-refractivity contribution in [2.75, 3.05) is 25.5 Å². The van der Waals surface area contributed by atoms with Gasteiger partial charge in [-0.2, -0.15) is 13.2 Å². The molecule has 1 saturated carbocycles. The van der Waals surface area contributed by atoms with Crippen LogP contribution in [0.5, 0.6) is 0 Å². The van der Waals surface area contributed by atoms with Crippen molar-refractivity contribution in [3.63, 3.8) is 0 Å². The van der Waals surface area contributed by atoms with Crippen LogP contribution in [0, 0.1) is 6.92 Å². The van der Waals surface area contributed by atoms with E-state index in [1.807, 2.05) is 30.3 Å². The zero-order valence-electron chi connectivity index (χ0n) is 20.8. The molecule has 0 unspecified atom stereocenters. The SMILES string of the molecule is CNc1nc(C2(c3ccccc3)CCC2)c(=O)n(CC(=O)NCCON=C(N)N)c1C.O=C(O)C(F)(F)F. The number of halogens is 3. The maximum Gasteiger partial charge on any atom is 0.490 e. The molecule has 1 heterocycles. The molecule has 0 bridgehead atoms. The van der Waals surface area contributed by atoms with Crippen LogP contribution in [0.15, 0.2) is 40.3 Å². The van der Waals surface area contributed by atoms with Gasteiger partial charge in [0.1, 0.15) is 24.7 Å². The number of hydrogen-bond acceptors (Lipinski definition) is 7. The monoisotopic (exact) mass is 541 g/mol. The molecule has 15 heteroatoms. The third kappa shape index (κ3) is 7.36. The maximum atomic E-state index is 13.5. The topological polar surface area (TPSA) is 187 Å². The molecule has 0 aliphatic heterocycles. The highest BCUT2D eigenvalue weighted by Gasteiger charge is 2.44. The smallest absolute Gasteiger partial charge is 0.475 e. The van der Waals surface area contributed by atoms with Crippen molar-refractivity contribution in [2.45, 2.75) is 44.3 Å². The molecule has 3 rings (SSSR count). The second kappa shape index (κ2) is 12.8. The summed E-state index contributed by atoms with van der Waals surface area (Å²) >= 11 is 0.